The number of amides is 1. The van der Waals surface area contributed by atoms with Crippen molar-refractivity contribution in [2.24, 2.45) is 0 Å². The Morgan fingerprint density at radius 2 is 2.05 bits per heavy atom. The minimum absolute atomic E-state index is 0.0319. The molecule has 19 heavy (non-hydrogen) atoms. The van der Waals surface area contributed by atoms with Crippen molar-refractivity contribution < 1.29 is 14.3 Å². The van der Waals surface area contributed by atoms with Crippen molar-refractivity contribution >= 4 is 11.7 Å². The second-order valence-corrected chi connectivity index (χ2v) is 4.69. The van der Waals surface area contributed by atoms with Gasteiger partial charge in [0.2, 0.25) is 5.91 Å². The lowest BCUT2D eigenvalue weighted by Crippen LogP contribution is -2.37. The zero-order valence-corrected chi connectivity index (χ0v) is 11.1. The Balaban J connectivity index is 1.84. The van der Waals surface area contributed by atoms with E-state index in [9.17, 15) is 9.59 Å². The molecule has 102 valence electrons. The molecule has 1 aliphatic heterocycles. The van der Waals surface area contributed by atoms with E-state index >= 15 is 0 Å². The van der Waals surface area contributed by atoms with Gasteiger partial charge in [-0.25, -0.2) is 0 Å². The van der Waals surface area contributed by atoms with Crippen molar-refractivity contribution in [2.75, 3.05) is 13.2 Å². The second kappa shape index (κ2) is 6.48. The van der Waals surface area contributed by atoms with Gasteiger partial charge in [-0.05, 0) is 24.8 Å². The van der Waals surface area contributed by atoms with Crippen molar-refractivity contribution in [3.8, 4) is 0 Å². The Morgan fingerprint density at radius 1 is 1.32 bits per heavy atom. The van der Waals surface area contributed by atoms with Gasteiger partial charge in [0.25, 0.3) is 0 Å². The summed E-state index contributed by atoms with van der Waals surface area (Å²) in [5.74, 6) is -0.259. The maximum absolute atomic E-state index is 11.9. The van der Waals surface area contributed by atoms with E-state index in [1.54, 1.807) is 12.1 Å². The van der Waals surface area contributed by atoms with E-state index in [4.69, 9.17) is 4.74 Å². The number of aryl methyl sites for hydroxylation is 1. The van der Waals surface area contributed by atoms with Gasteiger partial charge >= 0.3 is 0 Å². The third kappa shape index (κ3) is 3.64. The van der Waals surface area contributed by atoms with Crippen LogP contribution >= 0.6 is 0 Å². The van der Waals surface area contributed by atoms with E-state index in [0.29, 0.717) is 12.2 Å². The summed E-state index contributed by atoms with van der Waals surface area (Å²) in [7, 11) is 0. The minimum atomic E-state index is -0.379. The average molecular weight is 261 g/mol. The average Bonchev–Trinajstić information content (AvgIpc) is 2.98. The SMILES string of the molecule is CCc1ccc(C(=O)CNC(=O)C2CCCO2)cc1. The van der Waals surface area contributed by atoms with E-state index < -0.39 is 0 Å². The lowest BCUT2D eigenvalue weighted by Gasteiger charge is -2.09. The molecular weight excluding hydrogens is 242 g/mol. The summed E-state index contributed by atoms with van der Waals surface area (Å²) in [6.45, 7) is 2.73. The second-order valence-electron chi connectivity index (χ2n) is 4.69. The fourth-order valence-electron chi connectivity index (χ4n) is 2.09. The summed E-state index contributed by atoms with van der Waals surface area (Å²) in [6, 6.07) is 7.49. The highest BCUT2D eigenvalue weighted by atomic mass is 16.5. The van der Waals surface area contributed by atoms with Gasteiger partial charge in [-0.3, -0.25) is 9.59 Å². The summed E-state index contributed by atoms with van der Waals surface area (Å²) in [6.07, 6.45) is 2.22. The molecule has 1 aromatic carbocycles. The van der Waals surface area contributed by atoms with E-state index in [1.807, 2.05) is 12.1 Å². The maximum Gasteiger partial charge on any atom is 0.249 e. The third-order valence-corrected chi connectivity index (χ3v) is 3.33. The van der Waals surface area contributed by atoms with Gasteiger partial charge in [-0.2, -0.15) is 0 Å². The molecule has 0 spiro atoms. The first kappa shape index (κ1) is 13.7. The van der Waals surface area contributed by atoms with Crippen LogP contribution in [0.3, 0.4) is 0 Å². The number of ether oxygens (including phenoxy) is 1. The number of Topliss-reactive ketones (excluding diaryl/α,β-unsaturated/α-hetero) is 1. The highest BCUT2D eigenvalue weighted by Crippen LogP contribution is 2.11. The topological polar surface area (TPSA) is 55.4 Å². The number of nitrogens with one attached hydrogen (secondary N) is 1. The van der Waals surface area contributed by atoms with Gasteiger partial charge in [0.1, 0.15) is 6.10 Å². The fraction of sp³-hybridized carbons (Fsp3) is 0.467. The molecule has 0 aliphatic carbocycles. The van der Waals surface area contributed by atoms with E-state index in [0.717, 1.165) is 19.3 Å². The van der Waals surface area contributed by atoms with Crippen molar-refractivity contribution in [1.29, 1.82) is 0 Å². The monoisotopic (exact) mass is 261 g/mol. The number of ketones is 1. The van der Waals surface area contributed by atoms with Crippen molar-refractivity contribution in [2.45, 2.75) is 32.3 Å². The standard InChI is InChI=1S/C15H19NO3/c1-2-11-5-7-12(8-6-11)13(17)10-16-15(18)14-4-3-9-19-14/h5-8,14H,2-4,9-10H2,1H3,(H,16,18). The van der Waals surface area contributed by atoms with Crippen LogP contribution in [0.2, 0.25) is 0 Å². The van der Waals surface area contributed by atoms with E-state index in [1.165, 1.54) is 5.56 Å². The molecule has 1 aliphatic rings. The van der Waals surface area contributed by atoms with Gasteiger partial charge in [0.05, 0.1) is 6.54 Å². The quantitative estimate of drug-likeness (QED) is 0.821. The molecule has 1 heterocycles. The van der Waals surface area contributed by atoms with Gasteiger partial charge < -0.3 is 10.1 Å². The largest absolute Gasteiger partial charge is 0.368 e. The molecule has 4 heteroatoms. The lowest BCUT2D eigenvalue weighted by molar-refractivity contribution is -0.129. The van der Waals surface area contributed by atoms with Gasteiger partial charge in [-0.1, -0.05) is 31.2 Å². The number of carbonyl (C=O) groups excluding carboxylic acids is 2. The Hall–Kier alpha value is -1.68. The first-order valence-corrected chi connectivity index (χ1v) is 6.72. The number of benzene rings is 1. The molecule has 2 rings (SSSR count). The molecule has 1 aromatic rings. The van der Waals surface area contributed by atoms with E-state index in [2.05, 4.69) is 12.2 Å². The van der Waals surface area contributed by atoms with Gasteiger partial charge in [-0.15, -0.1) is 0 Å². The summed E-state index contributed by atoms with van der Waals surface area (Å²) in [5.41, 5.74) is 1.82. The van der Waals surface area contributed by atoms with Crippen LogP contribution in [-0.2, 0) is 16.0 Å². The summed E-state index contributed by atoms with van der Waals surface area (Å²) in [4.78, 5) is 23.6. The first-order valence-electron chi connectivity index (χ1n) is 6.72. The van der Waals surface area contributed by atoms with Crippen molar-refractivity contribution in [3.05, 3.63) is 35.4 Å². The predicted molar refractivity (Wildman–Crippen MR) is 72.1 cm³/mol. The molecule has 1 fully saturated rings. The molecule has 1 N–H and O–H groups in total. The molecule has 0 bridgehead atoms. The molecule has 1 atom stereocenters. The highest BCUT2D eigenvalue weighted by Gasteiger charge is 2.23. The first-order chi connectivity index (χ1) is 9.20. The zero-order valence-electron chi connectivity index (χ0n) is 11.1. The zero-order chi connectivity index (χ0) is 13.7. The maximum atomic E-state index is 11.9. The van der Waals surface area contributed by atoms with Crippen LogP contribution in [0.1, 0.15) is 35.7 Å². The number of hydrogen-bond donors (Lipinski definition) is 1. The Labute approximate surface area is 113 Å². The normalized spacial score (nSPS) is 18.3. The molecule has 0 radical (unpaired) electrons. The van der Waals surface area contributed by atoms with Gasteiger partial charge in [0.15, 0.2) is 5.78 Å². The van der Waals surface area contributed by atoms with Crippen molar-refractivity contribution in [1.82, 2.24) is 5.32 Å². The van der Waals surface area contributed by atoms with Crippen LogP contribution in [0.15, 0.2) is 24.3 Å². The van der Waals surface area contributed by atoms with Crippen LogP contribution in [0.5, 0.6) is 0 Å². The number of hydrogen-bond acceptors (Lipinski definition) is 3. The van der Waals surface area contributed by atoms with E-state index in [-0.39, 0.29) is 24.3 Å². The van der Waals surface area contributed by atoms with Crippen LogP contribution in [0, 0.1) is 0 Å². The Morgan fingerprint density at radius 3 is 2.63 bits per heavy atom. The Bertz CT molecular complexity index is 447. The summed E-state index contributed by atoms with van der Waals surface area (Å²) >= 11 is 0. The highest BCUT2D eigenvalue weighted by molar-refractivity contribution is 5.99. The minimum Gasteiger partial charge on any atom is -0.368 e. The Kier molecular flexibility index (Phi) is 4.68. The van der Waals surface area contributed by atoms with Crippen LogP contribution in [0.25, 0.3) is 0 Å². The molecule has 4 nitrogen and oxygen atoms in total. The fourth-order valence-corrected chi connectivity index (χ4v) is 2.09. The summed E-state index contributed by atoms with van der Waals surface area (Å²) in [5, 5.41) is 2.64. The number of rotatable bonds is 5. The van der Waals surface area contributed by atoms with Crippen LogP contribution in [-0.4, -0.2) is 30.9 Å². The lowest BCUT2D eigenvalue weighted by atomic mass is 10.1. The molecule has 0 saturated carbocycles. The van der Waals surface area contributed by atoms with Crippen molar-refractivity contribution in [3.63, 3.8) is 0 Å². The third-order valence-electron chi connectivity index (χ3n) is 3.33. The molecule has 0 aromatic heterocycles. The summed E-state index contributed by atoms with van der Waals surface area (Å²) < 4.78 is 5.26. The molecule has 1 amide bonds. The molecule has 1 unspecified atom stereocenters. The van der Waals surface area contributed by atoms with Gasteiger partial charge in [0, 0.05) is 12.2 Å². The predicted octanol–water partition coefficient (Wildman–Crippen LogP) is 1.73. The smallest absolute Gasteiger partial charge is 0.249 e. The number of carbonyl (C=O) groups is 2. The molecular formula is C15H19NO3. The van der Waals surface area contributed by atoms with Crippen LogP contribution in [0.4, 0.5) is 0 Å². The molecule has 1 saturated heterocycles. The van der Waals surface area contributed by atoms with Crippen LogP contribution < -0.4 is 5.32 Å².